The topological polar surface area (TPSA) is 84.2 Å². The molecule has 0 radical (unpaired) electrons. The van der Waals surface area contributed by atoms with Crippen molar-refractivity contribution < 1.29 is 9.59 Å². The second-order valence-corrected chi connectivity index (χ2v) is 6.72. The van der Waals surface area contributed by atoms with Crippen molar-refractivity contribution >= 4 is 34.8 Å². The lowest BCUT2D eigenvalue weighted by Crippen LogP contribution is -2.32. The minimum atomic E-state index is -0.613. The first-order valence-electron chi connectivity index (χ1n) is 8.59. The van der Waals surface area contributed by atoms with E-state index in [0.717, 1.165) is 17.7 Å². The van der Waals surface area contributed by atoms with Crippen LogP contribution in [0.2, 0.25) is 5.02 Å². The lowest BCUT2D eigenvalue weighted by atomic mass is 9.97. The number of benzene rings is 2. The molecular formula is C20H24ClN3O2. The Hall–Kier alpha value is -2.53. The van der Waals surface area contributed by atoms with E-state index in [-0.39, 0.29) is 16.5 Å². The SMILES string of the molecule is CCC(C)c1ccccc1NC(=O)C(C)Nc1ccc(Cl)c(C(N)=O)c1. The summed E-state index contributed by atoms with van der Waals surface area (Å²) in [6, 6.07) is 12.1. The maximum atomic E-state index is 12.6. The summed E-state index contributed by atoms with van der Waals surface area (Å²) in [5, 5.41) is 6.32. The third-order valence-electron chi connectivity index (χ3n) is 4.37. The summed E-state index contributed by atoms with van der Waals surface area (Å²) in [5.74, 6) is -0.432. The van der Waals surface area contributed by atoms with Gasteiger partial charge in [0.25, 0.3) is 0 Å². The molecule has 2 amide bonds. The zero-order chi connectivity index (χ0) is 19.3. The van der Waals surface area contributed by atoms with E-state index in [1.54, 1.807) is 25.1 Å². The van der Waals surface area contributed by atoms with E-state index in [1.165, 1.54) is 0 Å². The van der Waals surface area contributed by atoms with E-state index < -0.39 is 11.9 Å². The number of hydrogen-bond donors (Lipinski definition) is 3. The van der Waals surface area contributed by atoms with Crippen molar-refractivity contribution in [3.05, 3.63) is 58.6 Å². The number of carbonyl (C=O) groups excluding carboxylic acids is 2. The van der Waals surface area contributed by atoms with Crippen LogP contribution in [0.5, 0.6) is 0 Å². The molecule has 0 saturated carbocycles. The van der Waals surface area contributed by atoms with Crippen LogP contribution in [-0.4, -0.2) is 17.9 Å². The molecule has 0 heterocycles. The van der Waals surface area contributed by atoms with Gasteiger partial charge in [-0.3, -0.25) is 9.59 Å². The Morgan fingerprint density at radius 1 is 1.15 bits per heavy atom. The summed E-state index contributed by atoms with van der Waals surface area (Å²) in [6.07, 6.45) is 0.987. The van der Waals surface area contributed by atoms with Crippen molar-refractivity contribution in [1.29, 1.82) is 0 Å². The molecule has 2 rings (SSSR count). The highest BCUT2D eigenvalue weighted by atomic mass is 35.5. The van der Waals surface area contributed by atoms with Crippen molar-refractivity contribution in [2.24, 2.45) is 5.73 Å². The van der Waals surface area contributed by atoms with Gasteiger partial charge in [0.2, 0.25) is 11.8 Å². The highest BCUT2D eigenvalue weighted by Gasteiger charge is 2.17. The highest BCUT2D eigenvalue weighted by molar-refractivity contribution is 6.33. The fourth-order valence-electron chi connectivity index (χ4n) is 2.62. The Morgan fingerprint density at radius 3 is 2.50 bits per heavy atom. The number of halogens is 1. The third kappa shape index (κ3) is 4.76. The molecule has 0 aliphatic carbocycles. The fraction of sp³-hybridized carbons (Fsp3) is 0.300. The lowest BCUT2D eigenvalue weighted by molar-refractivity contribution is -0.116. The Balaban J connectivity index is 2.12. The number of anilines is 2. The van der Waals surface area contributed by atoms with Gasteiger partial charge in [-0.25, -0.2) is 0 Å². The number of amides is 2. The van der Waals surface area contributed by atoms with Gasteiger partial charge >= 0.3 is 0 Å². The van der Waals surface area contributed by atoms with Gasteiger partial charge in [0.05, 0.1) is 10.6 Å². The molecule has 0 aliphatic rings. The highest BCUT2D eigenvalue weighted by Crippen LogP contribution is 2.27. The smallest absolute Gasteiger partial charge is 0.250 e. The zero-order valence-electron chi connectivity index (χ0n) is 15.2. The Labute approximate surface area is 158 Å². The molecule has 0 aliphatic heterocycles. The van der Waals surface area contributed by atoms with Crippen LogP contribution in [0.15, 0.2) is 42.5 Å². The summed E-state index contributed by atoms with van der Waals surface area (Å²) in [6.45, 7) is 6.00. The summed E-state index contributed by atoms with van der Waals surface area (Å²) in [4.78, 5) is 24.0. The molecular weight excluding hydrogens is 350 g/mol. The molecule has 0 bridgehead atoms. The van der Waals surface area contributed by atoms with Crippen molar-refractivity contribution in [2.45, 2.75) is 39.2 Å². The van der Waals surface area contributed by atoms with Gasteiger partial charge in [-0.1, -0.05) is 43.6 Å². The molecule has 0 fully saturated rings. The quantitative estimate of drug-likeness (QED) is 0.672. The minimum Gasteiger partial charge on any atom is -0.374 e. The van der Waals surface area contributed by atoms with Gasteiger partial charge in [0.15, 0.2) is 0 Å². The second-order valence-electron chi connectivity index (χ2n) is 6.31. The van der Waals surface area contributed by atoms with Gasteiger partial charge in [-0.15, -0.1) is 0 Å². The lowest BCUT2D eigenvalue weighted by Gasteiger charge is -2.19. The van der Waals surface area contributed by atoms with Crippen LogP contribution >= 0.6 is 11.6 Å². The monoisotopic (exact) mass is 373 g/mol. The average molecular weight is 374 g/mol. The first kappa shape index (κ1) is 19.8. The van der Waals surface area contributed by atoms with Crippen LogP contribution in [-0.2, 0) is 4.79 Å². The summed E-state index contributed by atoms with van der Waals surface area (Å²) < 4.78 is 0. The minimum absolute atomic E-state index is 0.170. The van der Waals surface area contributed by atoms with E-state index in [1.807, 2.05) is 24.3 Å². The Morgan fingerprint density at radius 2 is 1.85 bits per heavy atom. The molecule has 2 atom stereocenters. The molecule has 6 heteroatoms. The number of rotatable bonds is 7. The zero-order valence-corrected chi connectivity index (χ0v) is 15.9. The number of para-hydroxylation sites is 1. The Kier molecular flexibility index (Phi) is 6.64. The number of carbonyl (C=O) groups is 2. The van der Waals surface area contributed by atoms with Gasteiger partial charge < -0.3 is 16.4 Å². The largest absolute Gasteiger partial charge is 0.374 e. The first-order valence-corrected chi connectivity index (χ1v) is 8.97. The van der Waals surface area contributed by atoms with Crippen LogP contribution < -0.4 is 16.4 Å². The number of primary amides is 1. The average Bonchev–Trinajstić information content (AvgIpc) is 2.62. The van der Waals surface area contributed by atoms with Crippen molar-refractivity contribution in [3.8, 4) is 0 Å². The van der Waals surface area contributed by atoms with E-state index in [2.05, 4.69) is 24.5 Å². The van der Waals surface area contributed by atoms with Crippen LogP contribution in [0.25, 0.3) is 0 Å². The van der Waals surface area contributed by atoms with E-state index in [9.17, 15) is 9.59 Å². The molecule has 26 heavy (non-hydrogen) atoms. The normalized spacial score (nSPS) is 12.9. The van der Waals surface area contributed by atoms with Crippen molar-refractivity contribution in [3.63, 3.8) is 0 Å². The van der Waals surface area contributed by atoms with E-state index >= 15 is 0 Å². The van der Waals surface area contributed by atoms with E-state index in [0.29, 0.717) is 11.6 Å². The second kappa shape index (κ2) is 8.72. The number of nitrogens with two attached hydrogens (primary N) is 1. The summed E-state index contributed by atoms with van der Waals surface area (Å²) >= 11 is 5.95. The van der Waals surface area contributed by atoms with Gasteiger partial charge in [0.1, 0.15) is 6.04 Å². The van der Waals surface area contributed by atoms with Gasteiger partial charge in [0, 0.05) is 11.4 Å². The predicted molar refractivity (Wildman–Crippen MR) is 107 cm³/mol. The molecule has 0 spiro atoms. The molecule has 138 valence electrons. The Bertz CT molecular complexity index is 807. The van der Waals surface area contributed by atoms with Gasteiger partial charge in [-0.05, 0) is 49.1 Å². The third-order valence-corrected chi connectivity index (χ3v) is 4.70. The molecule has 2 aromatic rings. The standard InChI is InChI=1S/C20H24ClN3O2/c1-4-12(2)15-7-5-6-8-18(15)24-20(26)13(3)23-14-9-10-17(21)16(11-14)19(22)25/h5-13,23H,4H2,1-3H3,(H2,22,25)(H,24,26). The van der Waals surface area contributed by atoms with Gasteiger partial charge in [-0.2, -0.15) is 0 Å². The van der Waals surface area contributed by atoms with Crippen molar-refractivity contribution in [1.82, 2.24) is 0 Å². The predicted octanol–water partition coefficient (Wildman–Crippen LogP) is 4.39. The summed E-state index contributed by atoms with van der Waals surface area (Å²) in [5.41, 5.74) is 8.04. The molecule has 5 nitrogen and oxygen atoms in total. The van der Waals surface area contributed by atoms with E-state index in [4.69, 9.17) is 17.3 Å². The maximum absolute atomic E-state index is 12.6. The molecule has 4 N–H and O–H groups in total. The first-order chi connectivity index (χ1) is 12.3. The number of nitrogens with one attached hydrogen (secondary N) is 2. The molecule has 2 unspecified atom stereocenters. The number of hydrogen-bond acceptors (Lipinski definition) is 3. The molecule has 0 saturated heterocycles. The maximum Gasteiger partial charge on any atom is 0.250 e. The van der Waals surface area contributed by atoms with Crippen LogP contribution in [0.4, 0.5) is 11.4 Å². The van der Waals surface area contributed by atoms with Crippen LogP contribution in [0, 0.1) is 0 Å². The fourth-order valence-corrected chi connectivity index (χ4v) is 2.83. The summed E-state index contributed by atoms with van der Waals surface area (Å²) in [7, 11) is 0. The van der Waals surface area contributed by atoms with Crippen LogP contribution in [0.3, 0.4) is 0 Å². The van der Waals surface area contributed by atoms with Crippen molar-refractivity contribution in [2.75, 3.05) is 10.6 Å². The van der Waals surface area contributed by atoms with Crippen LogP contribution in [0.1, 0.15) is 49.0 Å². The molecule has 2 aromatic carbocycles. The molecule has 0 aromatic heterocycles.